The highest BCUT2D eigenvalue weighted by molar-refractivity contribution is 7.86. The van der Waals surface area contributed by atoms with Gasteiger partial charge in [0.1, 0.15) is 30.5 Å². The van der Waals surface area contributed by atoms with Gasteiger partial charge in [-0.2, -0.15) is 8.42 Å². The predicted molar refractivity (Wildman–Crippen MR) is 196 cm³/mol. The van der Waals surface area contributed by atoms with Crippen molar-refractivity contribution >= 4 is 21.9 Å². The van der Waals surface area contributed by atoms with Crippen LogP contribution in [0, 0.1) is 35.5 Å². The Morgan fingerprint density at radius 1 is 0.815 bits per heavy atom. The first-order valence-electron chi connectivity index (χ1n) is 20.0. The first-order chi connectivity index (χ1) is 25.7. The van der Waals surface area contributed by atoms with Crippen molar-refractivity contribution < 1.29 is 60.1 Å². The minimum absolute atomic E-state index is 0.0106. The van der Waals surface area contributed by atoms with E-state index in [0.29, 0.717) is 44.1 Å². The van der Waals surface area contributed by atoms with Crippen molar-refractivity contribution in [1.82, 2.24) is 0 Å². The SMILES string of the molecule is CC[C@@H]1CCC[C@H](O[C@H]2CC[C@H](OS(C)(=O)=O)[C@@H](C)O2)[C@H](C)C(=O)C2=C[C@@H]3[C@@H](C=C[C@@H]4C[C@@H](O[C@@H]5O[C@@H](C)[C@H](OC)[C@@H](OC)[C@H]5OC)C[C@@H]34)[C@@H]2CC(=O)O1. The van der Waals surface area contributed by atoms with Crippen molar-refractivity contribution in [2.24, 2.45) is 35.5 Å². The first kappa shape index (κ1) is 41.9. The van der Waals surface area contributed by atoms with Crippen LogP contribution in [0.15, 0.2) is 23.8 Å². The highest BCUT2D eigenvalue weighted by Gasteiger charge is 2.52. The zero-order valence-electron chi connectivity index (χ0n) is 33.1. The molecule has 3 heterocycles. The quantitative estimate of drug-likeness (QED) is 0.168. The summed E-state index contributed by atoms with van der Waals surface area (Å²) in [5.41, 5.74) is 0.684. The molecule has 14 heteroatoms. The smallest absolute Gasteiger partial charge is 0.306 e. The van der Waals surface area contributed by atoms with E-state index in [1.807, 2.05) is 20.8 Å². The second-order valence-corrected chi connectivity index (χ2v) is 17.9. The van der Waals surface area contributed by atoms with Crippen LogP contribution in [0.2, 0.25) is 0 Å². The van der Waals surface area contributed by atoms with Crippen LogP contribution < -0.4 is 0 Å². The fourth-order valence-corrected chi connectivity index (χ4v) is 10.8. The van der Waals surface area contributed by atoms with Crippen molar-refractivity contribution in [2.45, 2.75) is 153 Å². The molecule has 54 heavy (non-hydrogen) atoms. The van der Waals surface area contributed by atoms with Gasteiger partial charge in [0, 0.05) is 39.6 Å². The van der Waals surface area contributed by atoms with E-state index in [9.17, 15) is 18.0 Å². The van der Waals surface area contributed by atoms with Gasteiger partial charge in [0.05, 0.1) is 37.1 Å². The van der Waals surface area contributed by atoms with Crippen molar-refractivity contribution in [3.05, 3.63) is 23.8 Å². The number of rotatable bonds is 10. The third-order valence-corrected chi connectivity index (χ3v) is 13.5. The van der Waals surface area contributed by atoms with E-state index in [1.165, 1.54) is 0 Å². The summed E-state index contributed by atoms with van der Waals surface area (Å²) >= 11 is 0. The molecule has 13 nitrogen and oxygen atoms in total. The molecule has 0 radical (unpaired) electrons. The van der Waals surface area contributed by atoms with Crippen LogP contribution in [-0.2, 0) is 61.8 Å². The number of esters is 1. The monoisotopic (exact) mass is 782 g/mol. The summed E-state index contributed by atoms with van der Waals surface area (Å²) in [4.78, 5) is 28.1. The standard InChI is InChI=1S/C40H62O13S/c1-9-25-11-10-12-32(52-35-16-15-33(22(3)48-35)53-54(8,43)44)21(2)36(42)31-19-29-27(30(31)20-34(41)50-25)14-13-24-17-26(18-28(24)29)51-40-39(47-7)38(46-6)37(45-5)23(4)49-40/h13-14,19,21-30,32-33,35,37-40H,9-12,15-18,20H2,1-8H3/t21-,22+,23-,24+,25+,26+,27+,28+,29+,30-,32-,33-,35-,37-,38+,39+,40-/m0/s1. The maximum atomic E-state index is 14.6. The van der Waals surface area contributed by atoms with Gasteiger partial charge in [0.2, 0.25) is 0 Å². The van der Waals surface area contributed by atoms with Gasteiger partial charge in [-0.1, -0.05) is 32.1 Å². The number of carbonyl (C=O) groups excluding carboxylic acids is 2. The van der Waals surface area contributed by atoms with Crippen LogP contribution in [0.25, 0.3) is 0 Å². The lowest BCUT2D eigenvalue weighted by Crippen LogP contribution is -2.59. The molecule has 306 valence electrons. The molecule has 3 aliphatic heterocycles. The molecule has 3 saturated heterocycles. The van der Waals surface area contributed by atoms with E-state index in [2.05, 4.69) is 18.2 Å². The van der Waals surface area contributed by atoms with Crippen LogP contribution in [-0.4, -0.2) is 115 Å². The molecule has 6 rings (SSSR count). The second-order valence-electron chi connectivity index (χ2n) is 16.3. The van der Waals surface area contributed by atoms with E-state index >= 15 is 0 Å². The Kier molecular flexibility index (Phi) is 13.8. The van der Waals surface area contributed by atoms with E-state index in [1.54, 1.807) is 28.3 Å². The molecular formula is C40H62O13S. The minimum atomic E-state index is -3.64. The lowest BCUT2D eigenvalue weighted by Gasteiger charge is -2.44. The fourth-order valence-electron chi connectivity index (χ4n) is 10.1. The van der Waals surface area contributed by atoms with Crippen molar-refractivity contribution in [3.8, 4) is 0 Å². The van der Waals surface area contributed by atoms with E-state index < -0.39 is 53.0 Å². The fraction of sp³-hybridized carbons (Fsp3) is 0.850. The number of carbonyl (C=O) groups is 2. The lowest BCUT2D eigenvalue weighted by atomic mass is 9.70. The van der Waals surface area contributed by atoms with E-state index in [0.717, 1.165) is 19.1 Å². The number of fused-ring (bicyclic) bond motifs is 5. The number of ether oxygens (including phenoxy) is 8. The topological polar surface area (TPSA) is 151 Å². The number of hydrogen-bond acceptors (Lipinski definition) is 13. The Morgan fingerprint density at radius 3 is 2.22 bits per heavy atom. The molecular weight excluding hydrogens is 720 g/mol. The number of allylic oxidation sites excluding steroid dienone is 4. The number of Topliss-reactive ketones (excluding diaryl/α,β-unsaturated/α-hetero) is 1. The van der Waals surface area contributed by atoms with Crippen molar-refractivity contribution in [1.29, 1.82) is 0 Å². The molecule has 0 aromatic carbocycles. The summed E-state index contributed by atoms with van der Waals surface area (Å²) in [6.07, 6.45) is 8.53. The Labute approximate surface area is 321 Å². The third-order valence-electron chi connectivity index (χ3n) is 12.9. The summed E-state index contributed by atoms with van der Waals surface area (Å²) < 4.78 is 77.8. The molecule has 0 bridgehead atoms. The number of ketones is 1. The average molecular weight is 783 g/mol. The van der Waals surface area contributed by atoms with Crippen LogP contribution in [0.3, 0.4) is 0 Å². The highest BCUT2D eigenvalue weighted by Crippen LogP contribution is 2.54. The molecule has 1 saturated carbocycles. The minimum Gasteiger partial charge on any atom is -0.462 e. The number of hydrogen-bond donors (Lipinski definition) is 0. The Morgan fingerprint density at radius 2 is 1.56 bits per heavy atom. The van der Waals surface area contributed by atoms with E-state index in [-0.39, 0.29) is 78.3 Å². The first-order valence-corrected chi connectivity index (χ1v) is 21.8. The molecule has 4 fully saturated rings. The summed E-state index contributed by atoms with van der Waals surface area (Å²) in [5.74, 6) is -0.542. The normalized spacial score (nSPS) is 44.7. The molecule has 3 aliphatic carbocycles. The van der Waals surface area contributed by atoms with Gasteiger partial charge >= 0.3 is 5.97 Å². The van der Waals surface area contributed by atoms with Gasteiger partial charge in [0.15, 0.2) is 18.4 Å². The maximum absolute atomic E-state index is 14.6. The molecule has 0 N–H and O–H groups in total. The van der Waals surface area contributed by atoms with Crippen LogP contribution >= 0.6 is 0 Å². The number of methoxy groups -OCH3 is 3. The van der Waals surface area contributed by atoms with Crippen LogP contribution in [0.5, 0.6) is 0 Å². The third kappa shape index (κ3) is 9.18. The van der Waals surface area contributed by atoms with Crippen molar-refractivity contribution in [3.63, 3.8) is 0 Å². The molecule has 0 aromatic heterocycles. The summed E-state index contributed by atoms with van der Waals surface area (Å²) in [6, 6.07) is 0. The van der Waals surface area contributed by atoms with Gasteiger partial charge < -0.3 is 37.9 Å². The summed E-state index contributed by atoms with van der Waals surface area (Å²) in [6.45, 7) is 7.68. The van der Waals surface area contributed by atoms with Crippen LogP contribution in [0.4, 0.5) is 0 Å². The second kappa shape index (κ2) is 17.8. The summed E-state index contributed by atoms with van der Waals surface area (Å²) in [5, 5.41) is 0. The van der Waals surface area contributed by atoms with E-state index in [4.69, 9.17) is 42.1 Å². The highest BCUT2D eigenvalue weighted by atomic mass is 32.2. The van der Waals surface area contributed by atoms with Gasteiger partial charge in [-0.25, -0.2) is 0 Å². The van der Waals surface area contributed by atoms with Crippen LogP contribution in [0.1, 0.15) is 85.5 Å². The zero-order chi connectivity index (χ0) is 38.9. The maximum Gasteiger partial charge on any atom is 0.306 e. The molecule has 17 atom stereocenters. The lowest BCUT2D eigenvalue weighted by molar-refractivity contribution is -0.314. The predicted octanol–water partition coefficient (Wildman–Crippen LogP) is 4.90. The Balaban J connectivity index is 1.20. The largest absolute Gasteiger partial charge is 0.462 e. The zero-order valence-corrected chi connectivity index (χ0v) is 33.9. The molecule has 0 spiro atoms. The summed E-state index contributed by atoms with van der Waals surface area (Å²) in [7, 11) is 1.28. The Bertz CT molecular complexity index is 1480. The molecule has 0 unspecified atom stereocenters. The molecule has 6 aliphatic rings. The molecule has 0 amide bonds. The molecule has 0 aromatic rings. The van der Waals surface area contributed by atoms with Gasteiger partial charge in [-0.05, 0) is 88.0 Å². The van der Waals surface area contributed by atoms with Gasteiger partial charge in [0.25, 0.3) is 10.1 Å². The Hall–Kier alpha value is -1.75. The van der Waals surface area contributed by atoms with Crippen molar-refractivity contribution in [2.75, 3.05) is 27.6 Å². The average Bonchev–Trinajstić information content (AvgIpc) is 3.70. The van der Waals surface area contributed by atoms with Gasteiger partial charge in [-0.3, -0.25) is 13.8 Å². The van der Waals surface area contributed by atoms with Gasteiger partial charge in [-0.15, -0.1) is 0 Å². The number of cyclic esters (lactones) is 1.